The standard InChI is InChI=1S/C8H19P/c1-6(2)5-8(9)7(3)4/h6-8H,5,9H2,1-4H3. The molecule has 0 aliphatic rings. The van der Waals surface area contributed by atoms with Gasteiger partial charge in [-0.05, 0) is 23.9 Å². The Morgan fingerprint density at radius 1 is 1.11 bits per heavy atom. The highest BCUT2D eigenvalue weighted by molar-refractivity contribution is 7.17. The third-order valence-corrected chi connectivity index (χ3v) is 2.64. The van der Waals surface area contributed by atoms with Crippen molar-refractivity contribution in [1.29, 1.82) is 0 Å². The molecule has 0 bridgehead atoms. The monoisotopic (exact) mass is 146 g/mol. The molecule has 2 atom stereocenters. The molecule has 0 rings (SSSR count). The van der Waals surface area contributed by atoms with Crippen LogP contribution in [0.5, 0.6) is 0 Å². The zero-order valence-corrected chi connectivity index (χ0v) is 8.17. The summed E-state index contributed by atoms with van der Waals surface area (Å²) in [5.41, 5.74) is 0.810. The van der Waals surface area contributed by atoms with Gasteiger partial charge in [0.25, 0.3) is 0 Å². The normalized spacial score (nSPS) is 15.0. The molecule has 0 aromatic heterocycles. The highest BCUT2D eigenvalue weighted by Crippen LogP contribution is 2.20. The van der Waals surface area contributed by atoms with Gasteiger partial charge < -0.3 is 0 Å². The van der Waals surface area contributed by atoms with Crippen molar-refractivity contribution in [1.82, 2.24) is 0 Å². The summed E-state index contributed by atoms with van der Waals surface area (Å²) in [5.74, 6) is 1.66. The van der Waals surface area contributed by atoms with Crippen molar-refractivity contribution in [3.63, 3.8) is 0 Å². The molecule has 0 aromatic carbocycles. The van der Waals surface area contributed by atoms with Gasteiger partial charge in [-0.15, -0.1) is 9.24 Å². The van der Waals surface area contributed by atoms with E-state index in [-0.39, 0.29) is 0 Å². The predicted molar refractivity (Wildman–Crippen MR) is 47.8 cm³/mol. The van der Waals surface area contributed by atoms with Gasteiger partial charge in [0.15, 0.2) is 0 Å². The van der Waals surface area contributed by atoms with Crippen LogP contribution in [0, 0.1) is 11.8 Å². The SMILES string of the molecule is CC(C)CC(P)C(C)C. The molecular formula is C8H19P. The first-order valence-corrected chi connectivity index (χ1v) is 4.46. The van der Waals surface area contributed by atoms with Gasteiger partial charge in [-0.2, -0.15) is 0 Å². The first-order valence-electron chi connectivity index (χ1n) is 3.79. The van der Waals surface area contributed by atoms with Gasteiger partial charge in [0.2, 0.25) is 0 Å². The molecule has 0 aromatic rings. The van der Waals surface area contributed by atoms with Crippen LogP contribution in [0.25, 0.3) is 0 Å². The molecule has 0 fully saturated rings. The molecule has 0 nitrogen and oxygen atoms in total. The molecule has 0 saturated heterocycles. The maximum atomic E-state index is 2.92. The van der Waals surface area contributed by atoms with Gasteiger partial charge in [-0.25, -0.2) is 0 Å². The highest BCUT2D eigenvalue weighted by atomic mass is 31.0. The average Bonchev–Trinajstić information content (AvgIpc) is 1.63. The van der Waals surface area contributed by atoms with Gasteiger partial charge in [0.05, 0.1) is 0 Å². The molecule has 2 unspecified atom stereocenters. The van der Waals surface area contributed by atoms with Crippen LogP contribution in [-0.4, -0.2) is 5.66 Å². The van der Waals surface area contributed by atoms with E-state index in [9.17, 15) is 0 Å². The van der Waals surface area contributed by atoms with Crippen molar-refractivity contribution in [3.05, 3.63) is 0 Å². The zero-order valence-electron chi connectivity index (χ0n) is 7.02. The van der Waals surface area contributed by atoms with Crippen molar-refractivity contribution in [2.75, 3.05) is 0 Å². The second-order valence-corrected chi connectivity index (χ2v) is 4.39. The van der Waals surface area contributed by atoms with E-state index in [0.29, 0.717) is 0 Å². The molecule has 0 heterocycles. The van der Waals surface area contributed by atoms with E-state index in [2.05, 4.69) is 36.9 Å². The van der Waals surface area contributed by atoms with Crippen molar-refractivity contribution < 1.29 is 0 Å². The second-order valence-electron chi connectivity index (χ2n) is 3.54. The van der Waals surface area contributed by atoms with E-state index in [1.165, 1.54) is 6.42 Å². The minimum atomic E-state index is 0.810. The van der Waals surface area contributed by atoms with E-state index in [0.717, 1.165) is 17.5 Å². The van der Waals surface area contributed by atoms with E-state index in [1.807, 2.05) is 0 Å². The van der Waals surface area contributed by atoms with Gasteiger partial charge in [0.1, 0.15) is 0 Å². The van der Waals surface area contributed by atoms with Crippen LogP contribution in [0.4, 0.5) is 0 Å². The molecule has 0 spiro atoms. The summed E-state index contributed by atoms with van der Waals surface area (Å²) in [6, 6.07) is 0. The molecule has 56 valence electrons. The van der Waals surface area contributed by atoms with Crippen LogP contribution in [0.15, 0.2) is 0 Å². The summed E-state index contributed by atoms with van der Waals surface area (Å²) in [4.78, 5) is 0. The molecule has 9 heavy (non-hydrogen) atoms. The van der Waals surface area contributed by atoms with E-state index >= 15 is 0 Å². The van der Waals surface area contributed by atoms with Crippen LogP contribution < -0.4 is 0 Å². The smallest absolute Gasteiger partial charge is 0.0239 e. The Morgan fingerprint density at radius 3 is 1.67 bits per heavy atom. The van der Waals surface area contributed by atoms with E-state index in [4.69, 9.17) is 0 Å². The number of hydrogen-bond donors (Lipinski definition) is 0. The van der Waals surface area contributed by atoms with Gasteiger partial charge >= 0.3 is 0 Å². The van der Waals surface area contributed by atoms with E-state index in [1.54, 1.807) is 0 Å². The molecule has 1 heteroatoms. The molecule has 0 N–H and O–H groups in total. The average molecular weight is 146 g/mol. The highest BCUT2D eigenvalue weighted by Gasteiger charge is 2.08. The third-order valence-electron chi connectivity index (χ3n) is 1.60. The van der Waals surface area contributed by atoms with Crippen LogP contribution in [-0.2, 0) is 0 Å². The Bertz CT molecular complexity index is 67.0. The van der Waals surface area contributed by atoms with Crippen LogP contribution >= 0.6 is 9.24 Å². The maximum Gasteiger partial charge on any atom is -0.0239 e. The topological polar surface area (TPSA) is 0 Å². The van der Waals surface area contributed by atoms with Crippen molar-refractivity contribution in [2.45, 2.75) is 39.8 Å². The summed E-state index contributed by atoms with van der Waals surface area (Å²) < 4.78 is 0. The summed E-state index contributed by atoms with van der Waals surface area (Å²) in [5, 5.41) is 0. The zero-order chi connectivity index (χ0) is 7.44. The molecule has 0 aliphatic heterocycles. The Hall–Kier alpha value is 0.430. The van der Waals surface area contributed by atoms with Crippen LogP contribution in [0.1, 0.15) is 34.1 Å². The summed E-state index contributed by atoms with van der Waals surface area (Å²) in [6.45, 7) is 9.11. The summed E-state index contributed by atoms with van der Waals surface area (Å²) in [7, 11) is 2.92. The lowest BCUT2D eigenvalue weighted by Crippen LogP contribution is -2.09. The number of rotatable bonds is 3. The van der Waals surface area contributed by atoms with Crippen molar-refractivity contribution >= 4 is 9.24 Å². The Balaban J connectivity index is 3.38. The van der Waals surface area contributed by atoms with Crippen molar-refractivity contribution in [3.8, 4) is 0 Å². The predicted octanol–water partition coefficient (Wildman–Crippen LogP) is 2.93. The fourth-order valence-corrected chi connectivity index (χ4v) is 1.36. The summed E-state index contributed by atoms with van der Waals surface area (Å²) >= 11 is 0. The minimum absolute atomic E-state index is 0.810. The lowest BCUT2D eigenvalue weighted by Gasteiger charge is -2.16. The molecule has 0 saturated carbocycles. The third kappa shape index (κ3) is 4.90. The van der Waals surface area contributed by atoms with Gasteiger partial charge in [0, 0.05) is 0 Å². The Morgan fingerprint density at radius 2 is 1.56 bits per heavy atom. The molecule has 0 radical (unpaired) electrons. The molecule has 0 aliphatic carbocycles. The van der Waals surface area contributed by atoms with Gasteiger partial charge in [-0.1, -0.05) is 27.7 Å². The first kappa shape index (κ1) is 9.43. The number of hydrogen-bond acceptors (Lipinski definition) is 0. The molecular weight excluding hydrogens is 127 g/mol. The van der Waals surface area contributed by atoms with Gasteiger partial charge in [-0.3, -0.25) is 0 Å². The second kappa shape index (κ2) is 4.28. The molecule has 0 amide bonds. The van der Waals surface area contributed by atoms with Crippen LogP contribution in [0.2, 0.25) is 0 Å². The van der Waals surface area contributed by atoms with E-state index < -0.39 is 0 Å². The maximum absolute atomic E-state index is 2.92. The first-order chi connectivity index (χ1) is 4.04. The largest absolute Gasteiger partial charge is 0.134 e. The van der Waals surface area contributed by atoms with Crippen molar-refractivity contribution in [2.24, 2.45) is 11.8 Å². The summed E-state index contributed by atoms with van der Waals surface area (Å²) in [6.07, 6.45) is 1.34. The lowest BCUT2D eigenvalue weighted by atomic mass is 10.0. The Kier molecular flexibility index (Phi) is 4.48. The van der Waals surface area contributed by atoms with Crippen LogP contribution in [0.3, 0.4) is 0 Å². The lowest BCUT2D eigenvalue weighted by molar-refractivity contribution is 0.489. The fourth-order valence-electron chi connectivity index (χ4n) is 0.816. The fraction of sp³-hybridized carbons (Fsp3) is 1.00. The quantitative estimate of drug-likeness (QED) is 0.537. The minimum Gasteiger partial charge on any atom is -0.134 e. The Labute approximate surface area is 61.6 Å².